The molecule has 0 spiro atoms. The average Bonchev–Trinajstić information content (AvgIpc) is 2.98. The minimum Gasteiger partial charge on any atom is -0.360 e. The molecule has 1 aromatic heterocycles. The summed E-state index contributed by atoms with van der Waals surface area (Å²) in [4.78, 5) is 0. The first kappa shape index (κ1) is 25.1. The highest BCUT2D eigenvalue weighted by Crippen LogP contribution is 2.37. The Morgan fingerprint density at radius 1 is 1.07 bits per heavy atom. The largest absolute Gasteiger partial charge is 0.360 e. The van der Waals surface area contributed by atoms with Gasteiger partial charge in [-0.1, -0.05) is 19.6 Å². The Bertz CT molecular complexity index is 830. The second kappa shape index (κ2) is 10.9. The van der Waals surface area contributed by atoms with Crippen molar-refractivity contribution in [2.45, 2.75) is 52.6 Å². The molecule has 30 heavy (non-hydrogen) atoms. The number of halogens is 4. The van der Waals surface area contributed by atoms with Crippen LogP contribution in [0.2, 0.25) is 25.7 Å². The number of hydrogen-bond donors (Lipinski definition) is 0. The van der Waals surface area contributed by atoms with Crippen LogP contribution < -0.4 is 0 Å². The van der Waals surface area contributed by atoms with Crippen molar-refractivity contribution in [2.75, 3.05) is 19.8 Å². The fraction of sp³-hybridized carbons (Fsp3) is 0.550. The highest BCUT2D eigenvalue weighted by atomic mass is 79.9. The number of aromatic nitrogens is 2. The Morgan fingerprint density at radius 2 is 1.63 bits per heavy atom. The minimum absolute atomic E-state index is 0.0595. The third kappa shape index (κ3) is 6.40. The normalized spacial score (nSPS) is 12.2. The highest BCUT2D eigenvalue weighted by molar-refractivity contribution is 9.10. The summed E-state index contributed by atoms with van der Waals surface area (Å²) < 4.78 is 60.2. The van der Waals surface area contributed by atoms with Crippen molar-refractivity contribution in [1.29, 1.82) is 0 Å². The zero-order chi connectivity index (χ0) is 22.5. The van der Waals surface area contributed by atoms with E-state index < -0.39 is 31.8 Å². The molecule has 5 nitrogen and oxygen atoms in total. The fourth-order valence-electron chi connectivity index (χ4n) is 2.71. The summed E-state index contributed by atoms with van der Waals surface area (Å²) in [7, 11) is -1.28. The number of nitrogens with zero attached hydrogens (tertiary/aromatic N) is 2. The summed E-state index contributed by atoms with van der Waals surface area (Å²) in [5.74, 6) is -4.08. The van der Waals surface area contributed by atoms with Crippen LogP contribution in [0.4, 0.5) is 13.2 Å². The van der Waals surface area contributed by atoms with E-state index in [1.807, 2.05) is 13.8 Å². The molecule has 10 heteroatoms. The third-order valence-corrected chi connectivity index (χ3v) is 6.73. The molecule has 0 unspecified atom stereocenters. The molecular formula is C20H28BrF3N2O3Si. The molecule has 0 aliphatic rings. The first-order valence-electron chi connectivity index (χ1n) is 9.81. The molecule has 0 atom stereocenters. The lowest BCUT2D eigenvalue weighted by Crippen LogP contribution is -2.22. The van der Waals surface area contributed by atoms with E-state index in [0.29, 0.717) is 35.7 Å². The minimum atomic E-state index is -1.52. The van der Waals surface area contributed by atoms with Gasteiger partial charge in [-0.15, -0.1) is 0 Å². The summed E-state index contributed by atoms with van der Waals surface area (Å²) in [5, 5.41) is 4.51. The third-order valence-electron chi connectivity index (χ3n) is 4.25. The van der Waals surface area contributed by atoms with E-state index in [-0.39, 0.29) is 12.3 Å². The molecule has 0 amide bonds. The highest BCUT2D eigenvalue weighted by Gasteiger charge is 2.26. The summed E-state index contributed by atoms with van der Waals surface area (Å²) in [6, 6.07) is 2.82. The van der Waals surface area contributed by atoms with Crippen LogP contribution in [-0.4, -0.2) is 37.7 Å². The molecule has 168 valence electrons. The van der Waals surface area contributed by atoms with E-state index in [2.05, 4.69) is 40.7 Å². The van der Waals surface area contributed by atoms with Gasteiger partial charge in [-0.3, -0.25) is 0 Å². The maximum atomic E-state index is 13.9. The number of benzene rings is 1. The molecule has 0 aliphatic carbocycles. The van der Waals surface area contributed by atoms with Gasteiger partial charge in [0, 0.05) is 33.5 Å². The van der Waals surface area contributed by atoms with Gasteiger partial charge in [0.15, 0.2) is 17.5 Å². The zero-order valence-electron chi connectivity index (χ0n) is 17.9. The average molecular weight is 509 g/mol. The Hall–Kier alpha value is -1.20. The quantitative estimate of drug-likeness (QED) is 0.159. The second-order valence-electron chi connectivity index (χ2n) is 7.89. The number of rotatable bonds is 11. The summed E-state index contributed by atoms with van der Waals surface area (Å²) in [5.41, 5.74) is 0.880. The fourth-order valence-corrected chi connectivity index (χ4v) is 4.17. The van der Waals surface area contributed by atoms with E-state index in [4.69, 9.17) is 14.2 Å². The lowest BCUT2D eigenvalue weighted by molar-refractivity contribution is -0.143. The molecule has 0 saturated heterocycles. The van der Waals surface area contributed by atoms with Crippen molar-refractivity contribution in [2.24, 2.45) is 0 Å². The Balaban J connectivity index is 2.46. The van der Waals surface area contributed by atoms with Crippen LogP contribution in [0, 0.1) is 17.5 Å². The maximum Gasteiger partial charge on any atom is 0.204 e. The summed E-state index contributed by atoms with van der Waals surface area (Å²) in [6.07, 6.45) is -0.772. The Labute approximate surface area is 184 Å². The summed E-state index contributed by atoms with van der Waals surface area (Å²) >= 11 is 3.46. The molecule has 2 aromatic rings. The van der Waals surface area contributed by atoms with Gasteiger partial charge < -0.3 is 14.2 Å². The van der Waals surface area contributed by atoms with Crippen molar-refractivity contribution in [3.8, 4) is 11.3 Å². The zero-order valence-corrected chi connectivity index (χ0v) is 20.5. The molecule has 0 fully saturated rings. The molecule has 0 bridgehead atoms. The van der Waals surface area contributed by atoms with Crippen molar-refractivity contribution >= 4 is 24.0 Å². The molecule has 1 aromatic carbocycles. The van der Waals surface area contributed by atoms with Gasteiger partial charge in [-0.25, -0.2) is 17.9 Å². The predicted molar refractivity (Wildman–Crippen MR) is 115 cm³/mol. The van der Waals surface area contributed by atoms with Gasteiger partial charge >= 0.3 is 0 Å². The van der Waals surface area contributed by atoms with Gasteiger partial charge in [-0.05, 0) is 48.0 Å². The van der Waals surface area contributed by atoms with Crippen LogP contribution in [0.1, 0.15) is 25.8 Å². The molecule has 0 saturated carbocycles. The molecule has 2 rings (SSSR count). The Kier molecular flexibility index (Phi) is 9.10. The van der Waals surface area contributed by atoms with E-state index in [9.17, 15) is 13.2 Å². The van der Waals surface area contributed by atoms with Crippen LogP contribution in [-0.2, 0) is 20.9 Å². The molecular weight excluding hydrogens is 481 g/mol. The van der Waals surface area contributed by atoms with Crippen LogP contribution in [0.25, 0.3) is 11.3 Å². The molecule has 0 radical (unpaired) electrons. The SMILES string of the molecule is CCOC(OCC)c1nn(COCC[Si](C)(C)C)c(-c2cc(F)c(F)c(F)c2)c1Br. The van der Waals surface area contributed by atoms with E-state index in [1.165, 1.54) is 4.68 Å². The van der Waals surface area contributed by atoms with Gasteiger partial charge in [0.1, 0.15) is 12.4 Å². The lowest BCUT2D eigenvalue weighted by atomic mass is 10.1. The Morgan fingerprint density at radius 3 is 2.13 bits per heavy atom. The van der Waals surface area contributed by atoms with Crippen molar-refractivity contribution in [3.05, 3.63) is 39.8 Å². The van der Waals surface area contributed by atoms with Crippen molar-refractivity contribution < 1.29 is 27.4 Å². The molecule has 1 heterocycles. The first-order chi connectivity index (χ1) is 14.1. The monoisotopic (exact) mass is 508 g/mol. The lowest BCUT2D eigenvalue weighted by Gasteiger charge is -2.16. The van der Waals surface area contributed by atoms with Crippen LogP contribution >= 0.6 is 15.9 Å². The summed E-state index contributed by atoms with van der Waals surface area (Å²) in [6.45, 7) is 11.7. The molecule has 0 N–H and O–H groups in total. The topological polar surface area (TPSA) is 45.5 Å². The second-order valence-corrected chi connectivity index (χ2v) is 14.3. The van der Waals surface area contributed by atoms with Crippen LogP contribution in [0.15, 0.2) is 16.6 Å². The standard InChI is InChI=1S/C20H28BrF3N2O3Si/c1-6-28-20(29-7-2)18-16(21)19(13-10-14(22)17(24)15(23)11-13)26(25-18)12-27-8-9-30(3,4)5/h10-11,20H,6-9,12H2,1-5H3. The number of hydrogen-bond acceptors (Lipinski definition) is 4. The molecule has 0 aliphatic heterocycles. The number of ether oxygens (including phenoxy) is 3. The predicted octanol–water partition coefficient (Wildman–Crippen LogP) is 6.11. The smallest absolute Gasteiger partial charge is 0.204 e. The first-order valence-corrected chi connectivity index (χ1v) is 14.3. The van der Waals surface area contributed by atoms with Crippen molar-refractivity contribution in [3.63, 3.8) is 0 Å². The van der Waals surface area contributed by atoms with Gasteiger partial charge in [0.25, 0.3) is 0 Å². The van der Waals surface area contributed by atoms with E-state index in [1.54, 1.807) is 0 Å². The van der Waals surface area contributed by atoms with E-state index >= 15 is 0 Å². The van der Waals surface area contributed by atoms with Crippen molar-refractivity contribution in [1.82, 2.24) is 9.78 Å². The van der Waals surface area contributed by atoms with Gasteiger partial charge in [0.2, 0.25) is 6.29 Å². The van der Waals surface area contributed by atoms with Gasteiger partial charge in [0.05, 0.1) is 10.2 Å². The van der Waals surface area contributed by atoms with Crippen LogP contribution in [0.5, 0.6) is 0 Å². The van der Waals surface area contributed by atoms with E-state index in [0.717, 1.165) is 18.2 Å². The maximum absolute atomic E-state index is 13.9. The van der Waals surface area contributed by atoms with Crippen LogP contribution in [0.3, 0.4) is 0 Å². The van der Waals surface area contributed by atoms with Gasteiger partial charge in [-0.2, -0.15) is 5.10 Å².